The summed E-state index contributed by atoms with van der Waals surface area (Å²) in [5, 5.41) is 13.2. The molecular formula is C19H16BrClN4OS3. The fraction of sp³-hybridized carbons (Fsp3) is 0.158. The van der Waals surface area contributed by atoms with Gasteiger partial charge in [0.15, 0.2) is 8.68 Å². The summed E-state index contributed by atoms with van der Waals surface area (Å²) in [7, 11) is 0. The third-order valence-electron chi connectivity index (χ3n) is 3.63. The van der Waals surface area contributed by atoms with E-state index >= 15 is 0 Å². The molecule has 5 nitrogen and oxygen atoms in total. The highest BCUT2D eigenvalue weighted by molar-refractivity contribution is 9.10. The number of benzene rings is 2. The van der Waals surface area contributed by atoms with Gasteiger partial charge < -0.3 is 0 Å². The molecule has 3 rings (SSSR count). The first-order valence-corrected chi connectivity index (χ1v) is 12.4. The molecular weight excluding hydrogens is 512 g/mol. The number of carbonyl (C=O) groups is 1. The Balaban J connectivity index is 1.45. The van der Waals surface area contributed by atoms with Gasteiger partial charge in [0.2, 0.25) is 0 Å². The molecule has 3 aromatic rings. The topological polar surface area (TPSA) is 67.2 Å². The van der Waals surface area contributed by atoms with E-state index in [2.05, 4.69) is 36.7 Å². The summed E-state index contributed by atoms with van der Waals surface area (Å²) in [5.41, 5.74) is 5.33. The molecule has 0 radical (unpaired) electrons. The molecule has 150 valence electrons. The number of halogens is 2. The molecule has 2 aromatic carbocycles. The third kappa shape index (κ3) is 7.11. The van der Waals surface area contributed by atoms with E-state index < -0.39 is 0 Å². The number of amides is 1. The molecule has 29 heavy (non-hydrogen) atoms. The fourth-order valence-corrected chi connectivity index (χ4v) is 5.49. The molecule has 0 atom stereocenters. The molecule has 1 aromatic heterocycles. The van der Waals surface area contributed by atoms with Crippen molar-refractivity contribution in [3.8, 4) is 0 Å². The lowest BCUT2D eigenvalue weighted by Gasteiger charge is -2.02. The highest BCUT2D eigenvalue weighted by Crippen LogP contribution is 2.32. The molecule has 0 aliphatic carbocycles. The van der Waals surface area contributed by atoms with Crippen LogP contribution in [0.1, 0.15) is 18.1 Å². The largest absolute Gasteiger partial charge is 0.272 e. The number of aromatic nitrogens is 2. The van der Waals surface area contributed by atoms with Crippen molar-refractivity contribution in [2.45, 2.75) is 21.4 Å². The summed E-state index contributed by atoms with van der Waals surface area (Å²) in [4.78, 5) is 12.1. The van der Waals surface area contributed by atoms with Crippen LogP contribution in [0.15, 0.2) is 66.8 Å². The molecule has 1 amide bonds. The van der Waals surface area contributed by atoms with E-state index in [1.165, 1.54) is 23.1 Å². The van der Waals surface area contributed by atoms with Crippen LogP contribution < -0.4 is 5.43 Å². The van der Waals surface area contributed by atoms with Gasteiger partial charge in [-0.15, -0.1) is 10.2 Å². The maximum Gasteiger partial charge on any atom is 0.250 e. The molecule has 0 aliphatic rings. The molecule has 0 bridgehead atoms. The Morgan fingerprint density at radius 1 is 1.14 bits per heavy atom. The second-order valence-corrected chi connectivity index (χ2v) is 10.5. The molecule has 0 unspecified atom stereocenters. The summed E-state index contributed by atoms with van der Waals surface area (Å²) >= 11 is 13.9. The molecule has 0 aliphatic heterocycles. The number of rotatable bonds is 8. The molecule has 0 spiro atoms. The number of thioether (sulfide) groups is 2. The number of carbonyl (C=O) groups excluding carboxylic acids is 1. The van der Waals surface area contributed by atoms with Gasteiger partial charge in [0, 0.05) is 15.2 Å². The minimum atomic E-state index is -0.188. The van der Waals surface area contributed by atoms with Gasteiger partial charge in [-0.3, -0.25) is 4.79 Å². The van der Waals surface area contributed by atoms with Gasteiger partial charge in [-0.2, -0.15) is 5.10 Å². The predicted octanol–water partition coefficient (Wildman–Crippen LogP) is 5.88. The van der Waals surface area contributed by atoms with Crippen LogP contribution in [0.3, 0.4) is 0 Å². The maximum atomic E-state index is 12.1. The van der Waals surface area contributed by atoms with E-state index in [1.807, 2.05) is 55.5 Å². The molecule has 10 heteroatoms. The van der Waals surface area contributed by atoms with Crippen molar-refractivity contribution in [2.75, 3.05) is 5.75 Å². The average molecular weight is 528 g/mol. The lowest BCUT2D eigenvalue weighted by atomic mass is 10.1. The molecule has 0 saturated heterocycles. The minimum Gasteiger partial charge on any atom is -0.272 e. The van der Waals surface area contributed by atoms with Crippen LogP contribution in [0.4, 0.5) is 0 Å². The molecule has 0 saturated carbocycles. The first kappa shape index (κ1) is 22.3. The van der Waals surface area contributed by atoms with E-state index in [0.29, 0.717) is 0 Å². The van der Waals surface area contributed by atoms with Crippen LogP contribution >= 0.6 is 62.4 Å². The second kappa shape index (κ2) is 11.1. The normalized spacial score (nSPS) is 11.5. The van der Waals surface area contributed by atoms with Crippen LogP contribution in [-0.2, 0) is 10.5 Å². The van der Waals surface area contributed by atoms with Crippen molar-refractivity contribution in [3.63, 3.8) is 0 Å². The van der Waals surface area contributed by atoms with E-state index in [4.69, 9.17) is 11.6 Å². The number of hydrogen-bond acceptors (Lipinski definition) is 7. The minimum absolute atomic E-state index is 0.188. The van der Waals surface area contributed by atoms with Gasteiger partial charge in [0.1, 0.15) is 0 Å². The number of nitrogens with zero attached hydrogens (tertiary/aromatic N) is 3. The van der Waals surface area contributed by atoms with Crippen molar-refractivity contribution in [1.82, 2.24) is 15.6 Å². The maximum absolute atomic E-state index is 12.1. The van der Waals surface area contributed by atoms with E-state index in [-0.39, 0.29) is 11.7 Å². The summed E-state index contributed by atoms with van der Waals surface area (Å²) in [6.45, 7) is 1.85. The predicted molar refractivity (Wildman–Crippen MR) is 126 cm³/mol. The lowest BCUT2D eigenvalue weighted by molar-refractivity contribution is -0.118. The van der Waals surface area contributed by atoms with Gasteiger partial charge >= 0.3 is 0 Å². The third-order valence-corrected chi connectivity index (χ3v) is 7.77. The van der Waals surface area contributed by atoms with Gasteiger partial charge in [-0.05, 0) is 36.2 Å². The zero-order chi connectivity index (χ0) is 20.6. The number of nitrogens with one attached hydrogen (secondary N) is 1. The zero-order valence-electron chi connectivity index (χ0n) is 15.3. The Morgan fingerprint density at radius 2 is 1.83 bits per heavy atom. The smallest absolute Gasteiger partial charge is 0.250 e. The number of hydrogen-bond donors (Lipinski definition) is 1. The zero-order valence-corrected chi connectivity index (χ0v) is 20.1. The average Bonchev–Trinajstić information content (AvgIpc) is 3.18. The SMILES string of the molecule is C/C(=N/NC(=O)CSc1nnc(SCc2ccccc2Cl)s1)c1ccc(Br)cc1. The standard InChI is InChI=1S/C19H16BrClN4OS3/c1-12(13-6-8-15(20)9-7-13)22-23-17(26)11-28-19-25-24-18(29-19)27-10-14-4-2-3-5-16(14)21/h2-9H,10-11H2,1H3,(H,23,26)/b22-12-. The monoisotopic (exact) mass is 526 g/mol. The van der Waals surface area contributed by atoms with Gasteiger partial charge in [0.05, 0.1) is 11.5 Å². The molecule has 0 fully saturated rings. The Morgan fingerprint density at radius 3 is 2.55 bits per heavy atom. The summed E-state index contributed by atoms with van der Waals surface area (Å²) in [6.07, 6.45) is 0. The van der Waals surface area contributed by atoms with Gasteiger partial charge in [-0.1, -0.05) is 92.7 Å². The molecule has 1 heterocycles. The second-order valence-electron chi connectivity index (χ2n) is 5.74. The highest BCUT2D eigenvalue weighted by Gasteiger charge is 2.10. The van der Waals surface area contributed by atoms with E-state index in [1.54, 1.807) is 11.8 Å². The van der Waals surface area contributed by atoms with Crippen molar-refractivity contribution in [2.24, 2.45) is 5.10 Å². The summed E-state index contributed by atoms with van der Waals surface area (Å²) in [5.74, 6) is 0.761. The lowest BCUT2D eigenvalue weighted by Crippen LogP contribution is -2.21. The van der Waals surface area contributed by atoms with Crippen LogP contribution in [0.2, 0.25) is 5.02 Å². The van der Waals surface area contributed by atoms with Crippen molar-refractivity contribution in [3.05, 3.63) is 69.2 Å². The Kier molecular flexibility index (Phi) is 8.55. The van der Waals surface area contributed by atoms with Crippen molar-refractivity contribution in [1.29, 1.82) is 0 Å². The summed E-state index contributed by atoms with van der Waals surface area (Å²) in [6, 6.07) is 15.5. The van der Waals surface area contributed by atoms with Crippen LogP contribution in [0.25, 0.3) is 0 Å². The fourth-order valence-electron chi connectivity index (χ4n) is 2.13. The van der Waals surface area contributed by atoms with Crippen molar-refractivity contribution < 1.29 is 4.79 Å². The Hall–Kier alpha value is -1.39. The Labute approximate surface area is 194 Å². The Bertz CT molecular complexity index is 1010. The highest BCUT2D eigenvalue weighted by atomic mass is 79.9. The van der Waals surface area contributed by atoms with Crippen LogP contribution in [0, 0.1) is 0 Å². The van der Waals surface area contributed by atoms with Crippen LogP contribution in [0.5, 0.6) is 0 Å². The van der Waals surface area contributed by atoms with Crippen LogP contribution in [-0.4, -0.2) is 27.6 Å². The molecule has 1 N–H and O–H groups in total. The van der Waals surface area contributed by atoms with Gasteiger partial charge in [-0.25, -0.2) is 5.43 Å². The number of hydrazone groups is 1. The quantitative estimate of drug-likeness (QED) is 0.225. The van der Waals surface area contributed by atoms with E-state index in [9.17, 15) is 4.79 Å². The first-order chi connectivity index (χ1) is 14.0. The summed E-state index contributed by atoms with van der Waals surface area (Å²) < 4.78 is 2.59. The van der Waals surface area contributed by atoms with Gasteiger partial charge in [0.25, 0.3) is 5.91 Å². The van der Waals surface area contributed by atoms with E-state index in [0.717, 1.165) is 40.8 Å². The van der Waals surface area contributed by atoms with Crippen molar-refractivity contribution >= 4 is 74.0 Å². The first-order valence-electron chi connectivity index (χ1n) is 8.43.